The quantitative estimate of drug-likeness (QED) is 0.621. The summed E-state index contributed by atoms with van der Waals surface area (Å²) < 4.78 is 5.55. The number of rotatable bonds is 4. The lowest BCUT2D eigenvalue weighted by molar-refractivity contribution is 0.321. The monoisotopic (exact) mass is 381 g/mol. The van der Waals surface area contributed by atoms with Crippen molar-refractivity contribution in [2.24, 2.45) is 4.99 Å². The molecule has 0 radical (unpaired) electrons. The molecule has 2 rings (SSSR count). The molecular formula is C12H17ClIN3O. The van der Waals surface area contributed by atoms with Crippen LogP contribution in [0.3, 0.4) is 0 Å². The minimum absolute atomic E-state index is 0. The zero-order valence-corrected chi connectivity index (χ0v) is 13.1. The molecule has 1 aliphatic rings. The Kier molecular flexibility index (Phi) is 7.19. The Morgan fingerprint density at radius 3 is 2.78 bits per heavy atom. The lowest BCUT2D eigenvalue weighted by atomic mass is 10.3. The van der Waals surface area contributed by atoms with Crippen LogP contribution in [0.4, 0.5) is 0 Å². The van der Waals surface area contributed by atoms with Gasteiger partial charge in [-0.2, -0.15) is 0 Å². The second-order valence-electron chi connectivity index (χ2n) is 3.74. The van der Waals surface area contributed by atoms with Gasteiger partial charge in [0.25, 0.3) is 0 Å². The fraction of sp³-hybridized carbons (Fsp3) is 0.417. The van der Waals surface area contributed by atoms with Gasteiger partial charge in [0.1, 0.15) is 12.4 Å². The van der Waals surface area contributed by atoms with Gasteiger partial charge >= 0.3 is 0 Å². The number of hydrogen-bond acceptors (Lipinski definition) is 4. The SMILES string of the molecule is Clc1ccc(OCCNC2=NCCCN2)cc1.I. The van der Waals surface area contributed by atoms with E-state index in [9.17, 15) is 0 Å². The molecule has 1 aromatic rings. The standard InChI is InChI=1S/C12H16ClN3O.HI/c13-10-2-4-11(5-3-10)17-9-8-16-12-14-6-1-7-15-12;/h2-5H,1,6-9H2,(H2,14,15,16);1H. The highest BCUT2D eigenvalue weighted by Gasteiger charge is 2.02. The smallest absolute Gasteiger partial charge is 0.191 e. The van der Waals surface area contributed by atoms with Crippen molar-refractivity contribution in [3.05, 3.63) is 29.3 Å². The van der Waals surface area contributed by atoms with Crippen LogP contribution in [0.25, 0.3) is 0 Å². The fourth-order valence-electron chi connectivity index (χ4n) is 1.52. The number of ether oxygens (including phenoxy) is 1. The van der Waals surface area contributed by atoms with Crippen molar-refractivity contribution in [2.45, 2.75) is 6.42 Å². The highest BCUT2D eigenvalue weighted by Crippen LogP contribution is 2.14. The minimum Gasteiger partial charge on any atom is -0.492 e. The van der Waals surface area contributed by atoms with E-state index in [0.29, 0.717) is 6.61 Å². The molecule has 100 valence electrons. The van der Waals surface area contributed by atoms with Crippen molar-refractivity contribution in [3.63, 3.8) is 0 Å². The third kappa shape index (κ3) is 5.30. The number of hydrogen-bond donors (Lipinski definition) is 2. The Hall–Kier alpha value is -0.690. The first-order chi connectivity index (χ1) is 8.34. The van der Waals surface area contributed by atoms with Crippen molar-refractivity contribution in [3.8, 4) is 5.75 Å². The number of guanidine groups is 1. The topological polar surface area (TPSA) is 45.6 Å². The molecule has 0 aromatic heterocycles. The van der Waals surface area contributed by atoms with Crippen LogP contribution in [0.2, 0.25) is 5.02 Å². The Morgan fingerprint density at radius 2 is 2.11 bits per heavy atom. The molecule has 0 unspecified atom stereocenters. The Labute approximate surface area is 129 Å². The first-order valence-corrected chi connectivity index (χ1v) is 6.13. The molecule has 1 aromatic carbocycles. The number of benzene rings is 1. The molecule has 4 nitrogen and oxygen atoms in total. The molecule has 0 saturated heterocycles. The van der Waals surface area contributed by atoms with Crippen molar-refractivity contribution < 1.29 is 4.74 Å². The van der Waals surface area contributed by atoms with Gasteiger partial charge in [0.2, 0.25) is 0 Å². The average Bonchev–Trinajstić information content (AvgIpc) is 2.38. The van der Waals surface area contributed by atoms with Crippen LogP contribution in [-0.2, 0) is 0 Å². The van der Waals surface area contributed by atoms with Crippen LogP contribution in [-0.4, -0.2) is 32.2 Å². The van der Waals surface area contributed by atoms with Crippen molar-refractivity contribution in [1.29, 1.82) is 0 Å². The summed E-state index contributed by atoms with van der Waals surface area (Å²) >= 11 is 5.78. The van der Waals surface area contributed by atoms with E-state index in [1.807, 2.05) is 24.3 Å². The number of aliphatic imine (C=N–C) groups is 1. The van der Waals surface area contributed by atoms with Gasteiger partial charge in [-0.05, 0) is 30.7 Å². The van der Waals surface area contributed by atoms with E-state index >= 15 is 0 Å². The molecule has 1 heterocycles. The van der Waals surface area contributed by atoms with Gasteiger partial charge in [0.05, 0.1) is 6.54 Å². The zero-order chi connectivity index (χ0) is 11.9. The molecule has 6 heteroatoms. The lowest BCUT2D eigenvalue weighted by Gasteiger charge is -2.16. The predicted octanol–water partition coefficient (Wildman–Crippen LogP) is 2.28. The molecule has 0 saturated carbocycles. The maximum absolute atomic E-state index is 5.78. The Morgan fingerprint density at radius 1 is 1.33 bits per heavy atom. The first kappa shape index (κ1) is 15.4. The van der Waals surface area contributed by atoms with Crippen LogP contribution in [0.5, 0.6) is 5.75 Å². The number of halogens is 2. The van der Waals surface area contributed by atoms with Crippen LogP contribution in [0, 0.1) is 0 Å². The normalized spacial score (nSPS) is 13.9. The summed E-state index contributed by atoms with van der Waals surface area (Å²) in [6, 6.07) is 7.35. The molecule has 0 bridgehead atoms. The van der Waals surface area contributed by atoms with E-state index in [0.717, 1.165) is 42.8 Å². The summed E-state index contributed by atoms with van der Waals surface area (Å²) in [6.45, 7) is 3.22. The maximum atomic E-state index is 5.78. The number of nitrogens with zero attached hydrogens (tertiary/aromatic N) is 1. The van der Waals surface area contributed by atoms with Gasteiger partial charge in [-0.1, -0.05) is 11.6 Å². The molecule has 0 amide bonds. The molecular weight excluding hydrogens is 365 g/mol. The van der Waals surface area contributed by atoms with Gasteiger partial charge in [-0.3, -0.25) is 4.99 Å². The Balaban J connectivity index is 0.00000162. The highest BCUT2D eigenvalue weighted by molar-refractivity contribution is 14.0. The van der Waals surface area contributed by atoms with Gasteiger partial charge < -0.3 is 15.4 Å². The van der Waals surface area contributed by atoms with E-state index in [1.165, 1.54) is 0 Å². The highest BCUT2D eigenvalue weighted by atomic mass is 127. The van der Waals surface area contributed by atoms with Gasteiger partial charge in [-0.25, -0.2) is 0 Å². The van der Waals surface area contributed by atoms with Crippen molar-refractivity contribution in [2.75, 3.05) is 26.2 Å². The molecule has 2 N–H and O–H groups in total. The largest absolute Gasteiger partial charge is 0.492 e. The van der Waals surface area contributed by atoms with Crippen LogP contribution < -0.4 is 15.4 Å². The van der Waals surface area contributed by atoms with Crippen molar-refractivity contribution >= 4 is 41.5 Å². The average molecular weight is 382 g/mol. The summed E-state index contributed by atoms with van der Waals surface area (Å²) in [5.74, 6) is 1.70. The molecule has 18 heavy (non-hydrogen) atoms. The van der Waals surface area contributed by atoms with E-state index in [1.54, 1.807) is 0 Å². The van der Waals surface area contributed by atoms with E-state index < -0.39 is 0 Å². The number of nitrogens with one attached hydrogen (secondary N) is 2. The summed E-state index contributed by atoms with van der Waals surface area (Å²) in [5, 5.41) is 7.10. The van der Waals surface area contributed by atoms with E-state index in [-0.39, 0.29) is 24.0 Å². The van der Waals surface area contributed by atoms with Gasteiger partial charge in [-0.15, -0.1) is 24.0 Å². The van der Waals surface area contributed by atoms with Crippen molar-refractivity contribution in [1.82, 2.24) is 10.6 Å². The third-order valence-corrected chi connectivity index (χ3v) is 2.63. The lowest BCUT2D eigenvalue weighted by Crippen LogP contribution is -2.42. The first-order valence-electron chi connectivity index (χ1n) is 5.75. The summed E-state index contributed by atoms with van der Waals surface area (Å²) in [6.07, 6.45) is 1.10. The Bertz CT molecular complexity index is 383. The summed E-state index contributed by atoms with van der Waals surface area (Å²) in [7, 11) is 0. The summed E-state index contributed by atoms with van der Waals surface area (Å²) in [4.78, 5) is 4.31. The molecule has 0 atom stereocenters. The zero-order valence-electron chi connectivity index (χ0n) is 9.99. The fourth-order valence-corrected chi connectivity index (χ4v) is 1.65. The minimum atomic E-state index is 0. The molecule has 0 fully saturated rings. The van der Waals surface area contributed by atoms with Crippen LogP contribution in [0.15, 0.2) is 29.3 Å². The predicted molar refractivity (Wildman–Crippen MR) is 85.3 cm³/mol. The van der Waals surface area contributed by atoms with Gasteiger partial charge in [0, 0.05) is 18.1 Å². The summed E-state index contributed by atoms with van der Waals surface area (Å²) in [5.41, 5.74) is 0. The second kappa shape index (κ2) is 8.42. The third-order valence-electron chi connectivity index (χ3n) is 2.37. The maximum Gasteiger partial charge on any atom is 0.191 e. The van der Waals surface area contributed by atoms with Crippen LogP contribution >= 0.6 is 35.6 Å². The molecule has 1 aliphatic heterocycles. The molecule has 0 aliphatic carbocycles. The second-order valence-corrected chi connectivity index (χ2v) is 4.18. The van der Waals surface area contributed by atoms with Gasteiger partial charge in [0.15, 0.2) is 5.96 Å². The van der Waals surface area contributed by atoms with E-state index in [4.69, 9.17) is 16.3 Å². The van der Waals surface area contributed by atoms with Crippen LogP contribution in [0.1, 0.15) is 6.42 Å². The van der Waals surface area contributed by atoms with E-state index in [2.05, 4.69) is 15.6 Å². The molecule has 0 spiro atoms.